The molecular weight excluding hydrogens is 361 g/mol. The summed E-state index contributed by atoms with van der Waals surface area (Å²) < 4.78 is 5.69. The number of aromatic nitrogens is 1. The zero-order valence-electron chi connectivity index (χ0n) is 15.0. The van der Waals surface area contributed by atoms with Gasteiger partial charge in [-0.05, 0) is 31.9 Å². The highest BCUT2D eigenvalue weighted by Gasteiger charge is 2.29. The molecule has 0 bridgehead atoms. The van der Waals surface area contributed by atoms with Gasteiger partial charge in [0.25, 0.3) is 0 Å². The molecule has 1 heterocycles. The van der Waals surface area contributed by atoms with Crippen molar-refractivity contribution < 1.29 is 9.21 Å². The Bertz CT molecular complexity index is 674. The fraction of sp³-hybridized carbons (Fsp3) is 0.444. The van der Waals surface area contributed by atoms with Gasteiger partial charge in [0.1, 0.15) is 5.76 Å². The van der Waals surface area contributed by atoms with Crippen LogP contribution >= 0.6 is 24.8 Å². The number of hydrogen-bond donors (Lipinski definition) is 2. The first kappa shape index (κ1) is 23.4. The number of nitrogens with one attached hydrogen (secondary N) is 1. The minimum absolute atomic E-state index is 0. The number of amides is 1. The second-order valence-electron chi connectivity index (χ2n) is 6.39. The summed E-state index contributed by atoms with van der Waals surface area (Å²) >= 11 is 0. The Kier molecular flexibility index (Phi) is 9.19. The number of oxazole rings is 1. The van der Waals surface area contributed by atoms with Crippen LogP contribution in [-0.4, -0.2) is 23.0 Å². The second kappa shape index (κ2) is 9.80. The van der Waals surface area contributed by atoms with E-state index in [1.54, 1.807) is 0 Å². The number of halogens is 2. The van der Waals surface area contributed by atoms with Crippen LogP contribution in [0.1, 0.15) is 32.2 Å². The van der Waals surface area contributed by atoms with Crippen LogP contribution in [0.15, 0.2) is 34.7 Å². The van der Waals surface area contributed by atoms with E-state index in [-0.39, 0.29) is 43.1 Å². The van der Waals surface area contributed by atoms with Gasteiger partial charge in [-0.1, -0.05) is 32.0 Å². The maximum absolute atomic E-state index is 12.3. The molecule has 0 aliphatic carbocycles. The van der Waals surface area contributed by atoms with Gasteiger partial charge in [0.2, 0.25) is 11.8 Å². The van der Waals surface area contributed by atoms with E-state index in [2.05, 4.69) is 10.3 Å². The Morgan fingerprint density at radius 1 is 1.28 bits per heavy atom. The average molecular weight is 388 g/mol. The number of aryl methyl sites for hydroxylation is 1. The van der Waals surface area contributed by atoms with Crippen LogP contribution in [0.3, 0.4) is 0 Å². The van der Waals surface area contributed by atoms with Crippen molar-refractivity contribution in [1.29, 1.82) is 0 Å². The minimum Gasteiger partial charge on any atom is -0.441 e. The predicted octanol–water partition coefficient (Wildman–Crippen LogP) is 3.53. The first-order valence-electron chi connectivity index (χ1n) is 7.88. The van der Waals surface area contributed by atoms with Gasteiger partial charge in [-0.3, -0.25) is 4.79 Å². The van der Waals surface area contributed by atoms with Crippen molar-refractivity contribution in [1.82, 2.24) is 10.3 Å². The highest BCUT2D eigenvalue weighted by molar-refractivity contribution is 5.85. The SMILES string of the molecule is Cc1oc(-c2ccccc2)nc1CC(=O)NC(C)(CN)C(C)C.Cl.Cl. The number of carbonyl (C=O) groups is 1. The Labute approximate surface area is 161 Å². The van der Waals surface area contributed by atoms with Gasteiger partial charge in [0.15, 0.2) is 0 Å². The zero-order valence-corrected chi connectivity index (χ0v) is 16.7. The Morgan fingerprint density at radius 3 is 2.40 bits per heavy atom. The Morgan fingerprint density at radius 2 is 1.88 bits per heavy atom. The quantitative estimate of drug-likeness (QED) is 0.793. The third-order valence-corrected chi connectivity index (χ3v) is 4.36. The molecule has 25 heavy (non-hydrogen) atoms. The van der Waals surface area contributed by atoms with Crippen LogP contribution in [-0.2, 0) is 11.2 Å². The van der Waals surface area contributed by atoms with Gasteiger partial charge in [0.05, 0.1) is 17.7 Å². The topological polar surface area (TPSA) is 81.2 Å². The number of nitrogens with two attached hydrogens (primary N) is 1. The molecule has 0 aliphatic heterocycles. The summed E-state index contributed by atoms with van der Waals surface area (Å²) in [5, 5.41) is 3.02. The molecule has 0 spiro atoms. The van der Waals surface area contributed by atoms with Gasteiger partial charge in [0, 0.05) is 12.1 Å². The lowest BCUT2D eigenvalue weighted by atomic mass is 9.88. The molecule has 1 atom stereocenters. The van der Waals surface area contributed by atoms with Crippen LogP contribution in [0.2, 0.25) is 0 Å². The number of benzene rings is 1. The largest absolute Gasteiger partial charge is 0.441 e. The van der Waals surface area contributed by atoms with Crippen molar-refractivity contribution in [3.05, 3.63) is 41.8 Å². The van der Waals surface area contributed by atoms with E-state index in [1.807, 2.05) is 58.0 Å². The number of nitrogens with zero attached hydrogens (tertiary/aromatic N) is 1. The second-order valence-corrected chi connectivity index (χ2v) is 6.39. The summed E-state index contributed by atoms with van der Waals surface area (Å²) in [6.45, 7) is 8.26. The summed E-state index contributed by atoms with van der Waals surface area (Å²) in [6, 6.07) is 9.65. The molecule has 3 N–H and O–H groups in total. The van der Waals surface area contributed by atoms with E-state index in [1.165, 1.54) is 0 Å². The Balaban J connectivity index is 0.00000288. The monoisotopic (exact) mass is 387 g/mol. The van der Waals surface area contributed by atoms with Crippen molar-refractivity contribution >= 4 is 30.7 Å². The molecule has 1 unspecified atom stereocenters. The fourth-order valence-electron chi connectivity index (χ4n) is 2.24. The van der Waals surface area contributed by atoms with Crippen molar-refractivity contribution in [2.24, 2.45) is 11.7 Å². The van der Waals surface area contributed by atoms with Crippen molar-refractivity contribution in [2.45, 2.75) is 39.7 Å². The molecule has 0 aliphatic rings. The summed E-state index contributed by atoms with van der Waals surface area (Å²) in [5.41, 5.74) is 6.95. The van der Waals surface area contributed by atoms with Crippen molar-refractivity contribution in [3.8, 4) is 11.5 Å². The minimum atomic E-state index is -0.420. The highest BCUT2D eigenvalue weighted by Crippen LogP contribution is 2.22. The smallest absolute Gasteiger partial charge is 0.226 e. The molecule has 1 aromatic carbocycles. The maximum Gasteiger partial charge on any atom is 0.226 e. The third kappa shape index (κ3) is 5.73. The van der Waals surface area contributed by atoms with Gasteiger partial charge in [-0.2, -0.15) is 0 Å². The highest BCUT2D eigenvalue weighted by atomic mass is 35.5. The van der Waals surface area contributed by atoms with Crippen LogP contribution in [0.4, 0.5) is 0 Å². The van der Waals surface area contributed by atoms with E-state index in [4.69, 9.17) is 10.2 Å². The zero-order chi connectivity index (χ0) is 17.0. The van der Waals surface area contributed by atoms with Crippen LogP contribution in [0.5, 0.6) is 0 Å². The van der Waals surface area contributed by atoms with Crippen molar-refractivity contribution in [2.75, 3.05) is 6.54 Å². The third-order valence-electron chi connectivity index (χ3n) is 4.36. The molecule has 0 fully saturated rings. The molecule has 0 saturated heterocycles. The number of rotatable bonds is 6. The Hall–Kier alpha value is -1.56. The van der Waals surface area contributed by atoms with Gasteiger partial charge < -0.3 is 15.5 Å². The lowest BCUT2D eigenvalue weighted by molar-refractivity contribution is -0.122. The summed E-state index contributed by atoms with van der Waals surface area (Å²) in [4.78, 5) is 16.8. The van der Waals surface area contributed by atoms with E-state index in [0.717, 1.165) is 5.56 Å². The lowest BCUT2D eigenvalue weighted by Gasteiger charge is -2.33. The molecule has 7 heteroatoms. The number of hydrogen-bond acceptors (Lipinski definition) is 4. The first-order valence-corrected chi connectivity index (χ1v) is 7.88. The molecule has 5 nitrogen and oxygen atoms in total. The average Bonchev–Trinajstić information content (AvgIpc) is 2.88. The lowest BCUT2D eigenvalue weighted by Crippen LogP contribution is -2.55. The number of carbonyl (C=O) groups excluding carboxylic acids is 1. The van der Waals surface area contributed by atoms with Gasteiger partial charge in [-0.15, -0.1) is 24.8 Å². The first-order chi connectivity index (χ1) is 10.9. The van der Waals surface area contributed by atoms with Gasteiger partial charge in [-0.25, -0.2) is 4.98 Å². The molecule has 1 amide bonds. The van der Waals surface area contributed by atoms with Crippen molar-refractivity contribution in [3.63, 3.8) is 0 Å². The molecule has 2 rings (SSSR count). The molecule has 2 aromatic rings. The molecular formula is C18H27Cl2N3O2. The molecule has 0 radical (unpaired) electrons. The van der Waals surface area contributed by atoms with Crippen LogP contribution in [0, 0.1) is 12.8 Å². The normalized spacial score (nSPS) is 12.7. The van der Waals surface area contributed by atoms with E-state index >= 15 is 0 Å². The summed E-state index contributed by atoms with van der Waals surface area (Å²) in [5.74, 6) is 1.35. The van der Waals surface area contributed by atoms with Gasteiger partial charge >= 0.3 is 0 Å². The van der Waals surface area contributed by atoms with E-state index < -0.39 is 5.54 Å². The molecule has 140 valence electrons. The van der Waals surface area contributed by atoms with E-state index in [0.29, 0.717) is 23.9 Å². The molecule has 1 aromatic heterocycles. The standard InChI is InChI=1S/C18H25N3O2.2ClH/c1-12(2)18(4,11-19)21-16(22)10-15-13(3)23-17(20-15)14-8-6-5-7-9-14;;/h5-9,12H,10-11,19H2,1-4H3,(H,21,22);2*1H. The van der Waals surface area contributed by atoms with Crippen LogP contribution in [0.25, 0.3) is 11.5 Å². The van der Waals surface area contributed by atoms with Crippen LogP contribution < -0.4 is 11.1 Å². The summed E-state index contributed by atoms with van der Waals surface area (Å²) in [6.07, 6.45) is 0.185. The maximum atomic E-state index is 12.3. The predicted molar refractivity (Wildman–Crippen MR) is 105 cm³/mol. The molecule has 0 saturated carbocycles. The fourth-order valence-corrected chi connectivity index (χ4v) is 2.24. The summed E-state index contributed by atoms with van der Waals surface area (Å²) in [7, 11) is 0. The van der Waals surface area contributed by atoms with E-state index in [9.17, 15) is 4.79 Å².